The molecule has 4 aromatic rings. The van der Waals surface area contributed by atoms with Crippen LogP contribution >= 0.6 is 15.9 Å². The highest BCUT2D eigenvalue weighted by atomic mass is 79.9. The summed E-state index contributed by atoms with van der Waals surface area (Å²) in [6, 6.07) is 2.61. The van der Waals surface area contributed by atoms with E-state index in [0.717, 1.165) is 6.07 Å². The first-order chi connectivity index (χ1) is 13.6. The van der Waals surface area contributed by atoms with Crippen molar-refractivity contribution in [1.29, 1.82) is 0 Å². The van der Waals surface area contributed by atoms with Gasteiger partial charge in [-0.05, 0) is 41.4 Å². The third-order valence-corrected chi connectivity index (χ3v) is 5.27. The number of pyridine rings is 1. The second-order valence-corrected chi connectivity index (χ2v) is 7.25. The van der Waals surface area contributed by atoms with Crippen molar-refractivity contribution in [1.82, 2.24) is 24.6 Å². The van der Waals surface area contributed by atoms with Crippen molar-refractivity contribution in [3.05, 3.63) is 46.5 Å². The lowest BCUT2D eigenvalue weighted by atomic mass is 10.2. The number of fused-ring (bicyclic) bond motifs is 4. The van der Waals surface area contributed by atoms with Crippen LogP contribution in [0.1, 0.15) is 12.2 Å². The molecule has 0 fully saturated rings. The van der Waals surface area contributed by atoms with Crippen LogP contribution < -0.4 is 9.64 Å². The number of aromatic nitrogens is 5. The summed E-state index contributed by atoms with van der Waals surface area (Å²) in [5, 5.41) is 8.17. The SMILES string of the molecule is Cc1nnc2nc(N3CCCOc4c(Br)cncc43)c3c(F)c(F)ccc3n12. The van der Waals surface area contributed by atoms with Crippen molar-refractivity contribution < 1.29 is 13.5 Å². The van der Waals surface area contributed by atoms with Crippen molar-refractivity contribution >= 4 is 44.1 Å². The van der Waals surface area contributed by atoms with Crippen LogP contribution in [0.4, 0.5) is 20.3 Å². The number of rotatable bonds is 1. The van der Waals surface area contributed by atoms with E-state index in [0.29, 0.717) is 52.6 Å². The zero-order valence-electron chi connectivity index (χ0n) is 14.7. The Morgan fingerprint density at radius 3 is 2.89 bits per heavy atom. The van der Waals surface area contributed by atoms with E-state index in [1.165, 1.54) is 6.07 Å². The van der Waals surface area contributed by atoms with E-state index in [2.05, 4.69) is 36.1 Å². The number of anilines is 2. The number of benzene rings is 1. The van der Waals surface area contributed by atoms with Gasteiger partial charge in [-0.25, -0.2) is 8.78 Å². The number of ether oxygens (including phenoxy) is 1. The monoisotopic (exact) mass is 446 g/mol. The maximum Gasteiger partial charge on any atom is 0.257 e. The van der Waals surface area contributed by atoms with Gasteiger partial charge in [-0.15, -0.1) is 10.2 Å². The quantitative estimate of drug-likeness (QED) is 0.441. The average molecular weight is 447 g/mol. The Hall–Kier alpha value is -2.88. The molecule has 0 aliphatic carbocycles. The molecule has 3 aromatic heterocycles. The summed E-state index contributed by atoms with van der Waals surface area (Å²) in [5.41, 5.74) is 1.06. The Morgan fingerprint density at radius 1 is 1.18 bits per heavy atom. The second kappa shape index (κ2) is 6.33. The Bertz CT molecular complexity index is 1240. The fourth-order valence-corrected chi connectivity index (χ4v) is 3.91. The molecule has 0 radical (unpaired) electrons. The first kappa shape index (κ1) is 17.2. The fourth-order valence-electron chi connectivity index (χ4n) is 3.48. The molecule has 0 N–H and O–H groups in total. The van der Waals surface area contributed by atoms with Crippen LogP contribution in [0.25, 0.3) is 16.7 Å². The summed E-state index contributed by atoms with van der Waals surface area (Å²) < 4.78 is 37.3. The summed E-state index contributed by atoms with van der Waals surface area (Å²) in [6.07, 6.45) is 3.91. The molecule has 0 unspecified atom stereocenters. The smallest absolute Gasteiger partial charge is 0.257 e. The lowest BCUT2D eigenvalue weighted by molar-refractivity contribution is 0.320. The van der Waals surface area contributed by atoms with Crippen LogP contribution in [-0.4, -0.2) is 37.7 Å². The molecular formula is C18H13BrF2N6O. The predicted molar refractivity (Wildman–Crippen MR) is 102 cm³/mol. The molecule has 28 heavy (non-hydrogen) atoms. The van der Waals surface area contributed by atoms with E-state index in [-0.39, 0.29) is 11.2 Å². The van der Waals surface area contributed by atoms with Crippen LogP contribution in [0.2, 0.25) is 0 Å². The molecule has 0 saturated carbocycles. The Balaban J connectivity index is 1.89. The van der Waals surface area contributed by atoms with E-state index in [4.69, 9.17) is 4.74 Å². The van der Waals surface area contributed by atoms with Gasteiger partial charge in [-0.3, -0.25) is 9.38 Å². The molecule has 10 heteroatoms. The minimum Gasteiger partial charge on any atom is -0.490 e. The highest BCUT2D eigenvalue weighted by molar-refractivity contribution is 9.10. The van der Waals surface area contributed by atoms with Gasteiger partial charge in [0.2, 0.25) is 0 Å². The van der Waals surface area contributed by atoms with Crippen LogP contribution in [-0.2, 0) is 0 Å². The highest BCUT2D eigenvalue weighted by Gasteiger charge is 2.27. The van der Waals surface area contributed by atoms with Crippen molar-refractivity contribution in [2.24, 2.45) is 0 Å². The van der Waals surface area contributed by atoms with Crippen molar-refractivity contribution in [3.8, 4) is 5.75 Å². The molecule has 0 atom stereocenters. The van der Waals surface area contributed by atoms with Gasteiger partial charge in [0.1, 0.15) is 17.3 Å². The van der Waals surface area contributed by atoms with Gasteiger partial charge >= 0.3 is 0 Å². The van der Waals surface area contributed by atoms with E-state index in [9.17, 15) is 8.78 Å². The van der Waals surface area contributed by atoms with Gasteiger partial charge in [-0.2, -0.15) is 4.98 Å². The number of aryl methyl sites for hydroxylation is 1. The number of nitrogens with zero attached hydrogens (tertiary/aromatic N) is 6. The van der Waals surface area contributed by atoms with Gasteiger partial charge in [0.15, 0.2) is 17.4 Å². The second-order valence-electron chi connectivity index (χ2n) is 6.40. The van der Waals surface area contributed by atoms with Gasteiger partial charge < -0.3 is 9.64 Å². The summed E-state index contributed by atoms with van der Waals surface area (Å²) in [7, 11) is 0. The van der Waals surface area contributed by atoms with Gasteiger partial charge in [0.05, 0.1) is 28.2 Å². The summed E-state index contributed by atoms with van der Waals surface area (Å²) >= 11 is 3.44. The van der Waals surface area contributed by atoms with Gasteiger partial charge in [0.25, 0.3) is 5.78 Å². The van der Waals surface area contributed by atoms with E-state index in [1.54, 1.807) is 28.6 Å². The number of hydrogen-bond acceptors (Lipinski definition) is 6. The zero-order chi connectivity index (χ0) is 19.4. The van der Waals surface area contributed by atoms with Crippen molar-refractivity contribution in [3.63, 3.8) is 0 Å². The maximum absolute atomic E-state index is 15.0. The standard InChI is InChI=1S/C18H13BrF2N6O/c1-9-24-25-18-23-17(14-12(27(9)18)4-3-11(20)15(14)21)26-5-2-6-28-16-10(19)7-22-8-13(16)26/h3-4,7-8H,2,5-6H2,1H3. The molecule has 0 amide bonds. The molecule has 1 aliphatic rings. The minimum atomic E-state index is -0.968. The molecule has 142 valence electrons. The third-order valence-electron chi connectivity index (χ3n) is 4.70. The Labute approximate surface area is 166 Å². The molecule has 4 heterocycles. The predicted octanol–water partition coefficient (Wildman–Crippen LogP) is 3.94. The van der Waals surface area contributed by atoms with E-state index in [1.807, 2.05) is 0 Å². The van der Waals surface area contributed by atoms with E-state index < -0.39 is 11.6 Å². The Kier molecular flexibility index (Phi) is 3.90. The first-order valence-corrected chi connectivity index (χ1v) is 9.39. The van der Waals surface area contributed by atoms with Crippen LogP contribution in [0, 0.1) is 18.6 Å². The largest absolute Gasteiger partial charge is 0.490 e. The molecule has 0 spiro atoms. The van der Waals surface area contributed by atoms with E-state index >= 15 is 0 Å². The summed E-state index contributed by atoms with van der Waals surface area (Å²) in [5.74, 6) is -0.242. The normalized spacial score (nSPS) is 14.2. The first-order valence-electron chi connectivity index (χ1n) is 8.59. The van der Waals surface area contributed by atoms with Crippen molar-refractivity contribution in [2.45, 2.75) is 13.3 Å². The number of hydrogen-bond donors (Lipinski definition) is 0. The molecular weight excluding hydrogens is 434 g/mol. The fraction of sp³-hybridized carbons (Fsp3) is 0.222. The van der Waals surface area contributed by atoms with Crippen molar-refractivity contribution in [2.75, 3.05) is 18.1 Å². The average Bonchev–Trinajstić information content (AvgIpc) is 2.92. The topological polar surface area (TPSA) is 68.4 Å². The van der Waals surface area contributed by atoms with Crippen LogP contribution in [0.3, 0.4) is 0 Å². The maximum atomic E-state index is 15.0. The molecule has 1 aliphatic heterocycles. The molecule has 7 nitrogen and oxygen atoms in total. The molecule has 1 aromatic carbocycles. The number of halogens is 3. The minimum absolute atomic E-state index is 0.0585. The summed E-state index contributed by atoms with van der Waals surface area (Å²) in [6.45, 7) is 2.71. The highest BCUT2D eigenvalue weighted by Crippen LogP contribution is 2.42. The van der Waals surface area contributed by atoms with Gasteiger partial charge in [-0.1, -0.05) is 0 Å². The molecule has 5 rings (SSSR count). The summed E-state index contributed by atoms with van der Waals surface area (Å²) in [4.78, 5) is 10.5. The molecule has 0 saturated heterocycles. The van der Waals surface area contributed by atoms with Crippen LogP contribution in [0.5, 0.6) is 5.75 Å². The lowest BCUT2D eigenvalue weighted by Crippen LogP contribution is -2.20. The van der Waals surface area contributed by atoms with Gasteiger partial charge in [0, 0.05) is 12.7 Å². The zero-order valence-corrected chi connectivity index (χ0v) is 16.2. The Morgan fingerprint density at radius 2 is 2.04 bits per heavy atom. The third kappa shape index (κ3) is 2.44. The lowest BCUT2D eigenvalue weighted by Gasteiger charge is -2.24. The van der Waals surface area contributed by atoms with Crippen LogP contribution in [0.15, 0.2) is 29.0 Å². The molecule has 0 bridgehead atoms.